The van der Waals surface area contributed by atoms with Crippen molar-refractivity contribution in [3.05, 3.63) is 59.2 Å². The van der Waals surface area contributed by atoms with Gasteiger partial charge in [-0.1, -0.05) is 37.3 Å². The topological polar surface area (TPSA) is 42.2 Å². The highest BCUT2D eigenvalue weighted by atomic mass is 16.5. The van der Waals surface area contributed by atoms with Gasteiger partial charge in [0.1, 0.15) is 11.5 Å². The van der Waals surface area contributed by atoms with Gasteiger partial charge in [0.05, 0.1) is 26.2 Å². The summed E-state index contributed by atoms with van der Waals surface area (Å²) in [6.07, 6.45) is 1.57. The molecular weight excluding hydrogens is 274 g/mol. The number of hydrogen-bond donors (Lipinski definition) is 0. The lowest BCUT2D eigenvalue weighted by atomic mass is 9.91. The third kappa shape index (κ3) is 3.40. The predicted octanol–water partition coefficient (Wildman–Crippen LogP) is 4.12. The van der Waals surface area contributed by atoms with E-state index in [-0.39, 0.29) is 5.92 Å². The lowest BCUT2D eigenvalue weighted by Gasteiger charge is -2.16. The fraction of sp³-hybridized carbons (Fsp3) is 0.316. The van der Waals surface area contributed by atoms with E-state index in [0.717, 1.165) is 29.0 Å². The molecule has 0 spiro atoms. The highest BCUT2D eigenvalue weighted by Crippen LogP contribution is 2.32. The molecule has 1 atom stereocenters. The Kier molecular flexibility index (Phi) is 5.43. The Morgan fingerprint density at radius 3 is 2.41 bits per heavy atom. The molecule has 1 unspecified atom stereocenters. The number of nitriles is 1. The molecule has 2 aromatic carbocycles. The number of aryl methyl sites for hydroxylation is 1. The van der Waals surface area contributed by atoms with Crippen molar-refractivity contribution in [3.63, 3.8) is 0 Å². The van der Waals surface area contributed by atoms with Crippen LogP contribution < -0.4 is 9.47 Å². The molecule has 22 heavy (non-hydrogen) atoms. The van der Waals surface area contributed by atoms with Gasteiger partial charge in [-0.05, 0) is 36.1 Å². The Balaban J connectivity index is 2.37. The molecule has 2 aromatic rings. The van der Waals surface area contributed by atoms with Gasteiger partial charge in [0.25, 0.3) is 0 Å². The van der Waals surface area contributed by atoms with E-state index in [9.17, 15) is 5.26 Å². The van der Waals surface area contributed by atoms with E-state index in [1.165, 1.54) is 5.56 Å². The first-order chi connectivity index (χ1) is 10.7. The molecule has 0 heterocycles. The van der Waals surface area contributed by atoms with Gasteiger partial charge in [-0.3, -0.25) is 0 Å². The molecule has 0 aliphatic heterocycles. The summed E-state index contributed by atoms with van der Waals surface area (Å²) >= 11 is 0. The summed E-state index contributed by atoms with van der Waals surface area (Å²) < 4.78 is 10.8. The van der Waals surface area contributed by atoms with Crippen molar-refractivity contribution in [1.29, 1.82) is 5.26 Å². The monoisotopic (exact) mass is 295 g/mol. The molecule has 114 valence electrons. The number of benzene rings is 2. The molecule has 0 N–H and O–H groups in total. The number of rotatable bonds is 6. The van der Waals surface area contributed by atoms with Crippen LogP contribution in [0.2, 0.25) is 0 Å². The number of para-hydroxylation sites is 1. The molecule has 0 fully saturated rings. The third-order valence-electron chi connectivity index (χ3n) is 3.85. The van der Waals surface area contributed by atoms with E-state index >= 15 is 0 Å². The zero-order chi connectivity index (χ0) is 15.9. The summed E-state index contributed by atoms with van der Waals surface area (Å²) in [7, 11) is 3.29. The Morgan fingerprint density at radius 2 is 1.77 bits per heavy atom. The van der Waals surface area contributed by atoms with Crippen LogP contribution in [-0.4, -0.2) is 14.2 Å². The average molecular weight is 295 g/mol. The van der Waals surface area contributed by atoms with Gasteiger partial charge in [0.15, 0.2) is 0 Å². The fourth-order valence-corrected chi connectivity index (χ4v) is 2.61. The van der Waals surface area contributed by atoms with Crippen molar-refractivity contribution >= 4 is 0 Å². The minimum Gasteiger partial charge on any atom is -0.496 e. The van der Waals surface area contributed by atoms with Gasteiger partial charge in [-0.15, -0.1) is 0 Å². The van der Waals surface area contributed by atoms with Crippen LogP contribution >= 0.6 is 0 Å². The summed E-state index contributed by atoms with van der Waals surface area (Å²) in [5, 5.41) is 9.60. The van der Waals surface area contributed by atoms with E-state index in [0.29, 0.717) is 6.42 Å². The Labute approximate surface area is 132 Å². The number of methoxy groups -OCH3 is 2. The summed E-state index contributed by atoms with van der Waals surface area (Å²) in [4.78, 5) is 0. The second-order valence-electron chi connectivity index (χ2n) is 5.13. The molecule has 0 bridgehead atoms. The van der Waals surface area contributed by atoms with E-state index in [1.54, 1.807) is 14.2 Å². The minimum absolute atomic E-state index is 0.267. The van der Waals surface area contributed by atoms with Gasteiger partial charge in [0, 0.05) is 5.56 Å². The Morgan fingerprint density at radius 1 is 1.05 bits per heavy atom. The first-order valence-corrected chi connectivity index (χ1v) is 7.41. The summed E-state index contributed by atoms with van der Waals surface area (Å²) in [5.74, 6) is 1.31. The molecule has 0 aliphatic rings. The molecule has 3 heteroatoms. The van der Waals surface area contributed by atoms with Crippen LogP contribution in [0.3, 0.4) is 0 Å². The molecule has 0 saturated carbocycles. The Hall–Kier alpha value is -2.47. The molecule has 3 nitrogen and oxygen atoms in total. The zero-order valence-corrected chi connectivity index (χ0v) is 13.3. The maximum Gasteiger partial charge on any atom is 0.123 e. The first kappa shape index (κ1) is 15.9. The van der Waals surface area contributed by atoms with Crippen molar-refractivity contribution in [2.45, 2.75) is 25.7 Å². The van der Waals surface area contributed by atoms with Crippen LogP contribution in [0.5, 0.6) is 11.5 Å². The molecule has 0 radical (unpaired) electrons. The molecule has 0 aromatic heterocycles. The van der Waals surface area contributed by atoms with E-state index in [4.69, 9.17) is 9.47 Å². The second-order valence-corrected chi connectivity index (χ2v) is 5.13. The van der Waals surface area contributed by atoms with Crippen LogP contribution in [0.1, 0.15) is 29.5 Å². The lowest BCUT2D eigenvalue weighted by Crippen LogP contribution is -2.05. The van der Waals surface area contributed by atoms with Crippen molar-refractivity contribution in [2.75, 3.05) is 14.2 Å². The zero-order valence-electron chi connectivity index (χ0n) is 13.3. The SMILES string of the molecule is CCc1ccc(OC)c(CC(C#N)c2ccccc2OC)c1. The Bertz CT molecular complexity index is 673. The largest absolute Gasteiger partial charge is 0.496 e. The summed E-state index contributed by atoms with van der Waals surface area (Å²) in [6.45, 7) is 2.12. The average Bonchev–Trinajstić information content (AvgIpc) is 2.59. The highest BCUT2D eigenvalue weighted by Gasteiger charge is 2.18. The van der Waals surface area contributed by atoms with Crippen LogP contribution in [0.4, 0.5) is 0 Å². The highest BCUT2D eigenvalue weighted by molar-refractivity contribution is 5.43. The van der Waals surface area contributed by atoms with E-state index in [2.05, 4.69) is 25.1 Å². The van der Waals surface area contributed by atoms with Crippen molar-refractivity contribution in [3.8, 4) is 17.6 Å². The number of hydrogen-bond acceptors (Lipinski definition) is 3. The van der Waals surface area contributed by atoms with Crippen LogP contribution in [0, 0.1) is 11.3 Å². The maximum atomic E-state index is 9.60. The van der Waals surface area contributed by atoms with E-state index in [1.807, 2.05) is 30.3 Å². The van der Waals surface area contributed by atoms with Crippen molar-refractivity contribution in [2.24, 2.45) is 0 Å². The van der Waals surface area contributed by atoms with Gasteiger partial charge in [-0.2, -0.15) is 5.26 Å². The molecular formula is C19H21NO2. The van der Waals surface area contributed by atoms with Gasteiger partial charge in [0.2, 0.25) is 0 Å². The first-order valence-electron chi connectivity index (χ1n) is 7.41. The summed E-state index contributed by atoms with van der Waals surface area (Å²) in [5.41, 5.74) is 3.21. The fourth-order valence-electron chi connectivity index (χ4n) is 2.61. The standard InChI is InChI=1S/C19H21NO2/c1-4-14-9-10-18(21-2)15(11-14)12-16(13-20)17-7-5-6-8-19(17)22-3/h5-11,16H,4,12H2,1-3H3. The van der Waals surface area contributed by atoms with Crippen LogP contribution in [-0.2, 0) is 12.8 Å². The van der Waals surface area contributed by atoms with Crippen molar-refractivity contribution < 1.29 is 9.47 Å². The molecule has 2 rings (SSSR count). The summed E-state index contributed by atoms with van der Waals surface area (Å²) in [6, 6.07) is 16.2. The maximum absolute atomic E-state index is 9.60. The van der Waals surface area contributed by atoms with Crippen LogP contribution in [0.15, 0.2) is 42.5 Å². The quantitative estimate of drug-likeness (QED) is 0.805. The van der Waals surface area contributed by atoms with Crippen molar-refractivity contribution in [1.82, 2.24) is 0 Å². The van der Waals surface area contributed by atoms with Gasteiger partial charge in [-0.25, -0.2) is 0 Å². The number of nitrogens with zero attached hydrogens (tertiary/aromatic N) is 1. The molecule has 0 amide bonds. The normalized spacial score (nSPS) is 11.5. The minimum atomic E-state index is -0.267. The van der Waals surface area contributed by atoms with E-state index < -0.39 is 0 Å². The lowest BCUT2D eigenvalue weighted by molar-refractivity contribution is 0.404. The second kappa shape index (κ2) is 7.51. The molecule has 0 saturated heterocycles. The smallest absolute Gasteiger partial charge is 0.123 e. The van der Waals surface area contributed by atoms with Gasteiger partial charge >= 0.3 is 0 Å². The third-order valence-corrected chi connectivity index (χ3v) is 3.85. The van der Waals surface area contributed by atoms with Gasteiger partial charge < -0.3 is 9.47 Å². The molecule has 0 aliphatic carbocycles. The van der Waals surface area contributed by atoms with Crippen LogP contribution in [0.25, 0.3) is 0 Å². The predicted molar refractivity (Wildman–Crippen MR) is 87.4 cm³/mol. The number of ether oxygens (including phenoxy) is 2.